The molecule has 1 heteroatoms. The molecule has 0 bridgehead atoms. The average molecular weight is 209 g/mol. The first kappa shape index (κ1) is 11.4. The van der Waals surface area contributed by atoms with E-state index in [-0.39, 0.29) is 0 Å². The van der Waals surface area contributed by atoms with E-state index in [9.17, 15) is 0 Å². The molecule has 0 amide bonds. The molecule has 0 aromatic rings. The second-order valence-corrected chi connectivity index (χ2v) is 5.53. The van der Waals surface area contributed by atoms with Crippen LogP contribution in [0.5, 0.6) is 0 Å². The van der Waals surface area contributed by atoms with E-state index in [2.05, 4.69) is 12.2 Å². The molecule has 1 N–H and O–H groups in total. The molecule has 0 aromatic heterocycles. The Morgan fingerprint density at radius 2 is 1.40 bits per heavy atom. The predicted octanol–water partition coefficient (Wildman–Crippen LogP) is 3.74. The van der Waals surface area contributed by atoms with Crippen molar-refractivity contribution in [3.05, 3.63) is 0 Å². The van der Waals surface area contributed by atoms with Crippen molar-refractivity contribution >= 4 is 0 Å². The van der Waals surface area contributed by atoms with Crippen LogP contribution in [0.4, 0.5) is 0 Å². The minimum absolute atomic E-state index is 0.869. The first-order valence-corrected chi connectivity index (χ1v) is 7.15. The van der Waals surface area contributed by atoms with Crippen molar-refractivity contribution in [2.45, 2.75) is 70.8 Å². The molecule has 88 valence electrons. The number of rotatable bonds is 4. The lowest BCUT2D eigenvalue weighted by atomic mass is 9.84. The van der Waals surface area contributed by atoms with Gasteiger partial charge in [-0.25, -0.2) is 0 Å². The van der Waals surface area contributed by atoms with Crippen LogP contribution in [-0.4, -0.2) is 12.6 Å². The second-order valence-electron chi connectivity index (χ2n) is 5.53. The van der Waals surface area contributed by atoms with Crippen molar-refractivity contribution in [1.82, 2.24) is 5.32 Å². The quantitative estimate of drug-likeness (QED) is 0.744. The highest BCUT2D eigenvalue weighted by Gasteiger charge is 2.35. The standard InChI is InChI=1S/C14H27N/c1-2-15-14(13-10-11-13)12-8-6-4-3-5-7-9-12/h12-15H,2-11H2,1H3. The molecule has 1 unspecified atom stereocenters. The minimum atomic E-state index is 0.869. The van der Waals surface area contributed by atoms with Gasteiger partial charge >= 0.3 is 0 Å². The van der Waals surface area contributed by atoms with Gasteiger partial charge in [-0.05, 0) is 44.1 Å². The molecule has 0 spiro atoms. The number of hydrogen-bond donors (Lipinski definition) is 1. The van der Waals surface area contributed by atoms with Gasteiger partial charge in [0.1, 0.15) is 0 Å². The van der Waals surface area contributed by atoms with Gasteiger partial charge in [0.15, 0.2) is 0 Å². The first-order valence-electron chi connectivity index (χ1n) is 7.15. The Hall–Kier alpha value is -0.0400. The van der Waals surface area contributed by atoms with Crippen LogP contribution in [0.2, 0.25) is 0 Å². The molecule has 1 atom stereocenters. The largest absolute Gasteiger partial charge is 0.314 e. The van der Waals surface area contributed by atoms with E-state index in [1.165, 1.54) is 57.8 Å². The summed E-state index contributed by atoms with van der Waals surface area (Å²) in [5.41, 5.74) is 0. The lowest BCUT2D eigenvalue weighted by Crippen LogP contribution is -2.38. The van der Waals surface area contributed by atoms with E-state index in [0.29, 0.717) is 0 Å². The maximum Gasteiger partial charge on any atom is 0.0123 e. The maximum atomic E-state index is 3.76. The van der Waals surface area contributed by atoms with E-state index in [1.54, 1.807) is 0 Å². The van der Waals surface area contributed by atoms with Gasteiger partial charge in [0.25, 0.3) is 0 Å². The van der Waals surface area contributed by atoms with Crippen molar-refractivity contribution in [3.63, 3.8) is 0 Å². The maximum absolute atomic E-state index is 3.76. The third-order valence-corrected chi connectivity index (χ3v) is 4.23. The van der Waals surface area contributed by atoms with Crippen LogP contribution < -0.4 is 5.32 Å². The van der Waals surface area contributed by atoms with Crippen LogP contribution in [0.25, 0.3) is 0 Å². The molecule has 15 heavy (non-hydrogen) atoms. The topological polar surface area (TPSA) is 12.0 Å². The normalized spacial score (nSPS) is 27.0. The van der Waals surface area contributed by atoms with Gasteiger partial charge in [-0.3, -0.25) is 0 Å². The Bertz CT molecular complexity index is 166. The SMILES string of the molecule is CCNC(C1CCCCCCC1)C1CC1. The van der Waals surface area contributed by atoms with Crippen LogP contribution in [0.3, 0.4) is 0 Å². The van der Waals surface area contributed by atoms with E-state index in [1.807, 2.05) is 0 Å². The summed E-state index contributed by atoms with van der Waals surface area (Å²) in [6, 6.07) is 0.869. The van der Waals surface area contributed by atoms with Crippen LogP contribution >= 0.6 is 0 Å². The van der Waals surface area contributed by atoms with Gasteiger partial charge in [0, 0.05) is 6.04 Å². The molecule has 2 fully saturated rings. The predicted molar refractivity (Wildman–Crippen MR) is 66.0 cm³/mol. The Labute approximate surface area is 95.0 Å². The summed E-state index contributed by atoms with van der Waals surface area (Å²) >= 11 is 0. The summed E-state index contributed by atoms with van der Waals surface area (Å²) in [5, 5.41) is 3.76. The fraction of sp³-hybridized carbons (Fsp3) is 1.00. The third-order valence-electron chi connectivity index (χ3n) is 4.23. The fourth-order valence-corrected chi connectivity index (χ4v) is 3.26. The zero-order valence-corrected chi connectivity index (χ0v) is 10.3. The summed E-state index contributed by atoms with van der Waals surface area (Å²) in [7, 11) is 0. The lowest BCUT2D eigenvalue weighted by molar-refractivity contribution is 0.265. The Kier molecular flexibility index (Phi) is 4.49. The fourth-order valence-electron chi connectivity index (χ4n) is 3.26. The van der Waals surface area contributed by atoms with Crippen molar-refractivity contribution in [2.24, 2.45) is 11.8 Å². The lowest BCUT2D eigenvalue weighted by Gasteiger charge is -2.29. The molecule has 2 saturated carbocycles. The smallest absolute Gasteiger partial charge is 0.0123 e. The van der Waals surface area contributed by atoms with Crippen molar-refractivity contribution in [3.8, 4) is 0 Å². The molecule has 1 nitrogen and oxygen atoms in total. The summed E-state index contributed by atoms with van der Waals surface area (Å²) in [6.07, 6.45) is 13.4. The van der Waals surface area contributed by atoms with E-state index in [4.69, 9.17) is 0 Å². The molecule has 2 aliphatic rings. The Morgan fingerprint density at radius 1 is 0.867 bits per heavy atom. The van der Waals surface area contributed by atoms with Crippen molar-refractivity contribution in [2.75, 3.05) is 6.54 Å². The van der Waals surface area contributed by atoms with Gasteiger partial charge in [-0.2, -0.15) is 0 Å². The highest BCUT2D eigenvalue weighted by molar-refractivity contribution is 4.90. The molecule has 2 aliphatic carbocycles. The van der Waals surface area contributed by atoms with Crippen LogP contribution in [-0.2, 0) is 0 Å². The van der Waals surface area contributed by atoms with Crippen molar-refractivity contribution < 1.29 is 0 Å². The highest BCUT2D eigenvalue weighted by Crippen LogP contribution is 2.39. The Balaban J connectivity index is 1.85. The molecule has 0 heterocycles. The van der Waals surface area contributed by atoms with E-state index >= 15 is 0 Å². The molecule has 0 radical (unpaired) electrons. The summed E-state index contributed by atoms with van der Waals surface area (Å²) in [4.78, 5) is 0. The second kappa shape index (κ2) is 5.89. The van der Waals surface area contributed by atoms with E-state index in [0.717, 1.165) is 24.4 Å². The average Bonchev–Trinajstić information content (AvgIpc) is 2.98. The molecule has 0 aromatic carbocycles. The van der Waals surface area contributed by atoms with Crippen molar-refractivity contribution in [1.29, 1.82) is 0 Å². The molecule has 0 saturated heterocycles. The van der Waals surface area contributed by atoms with Gasteiger partial charge < -0.3 is 5.32 Å². The molecular weight excluding hydrogens is 182 g/mol. The molecule has 0 aliphatic heterocycles. The zero-order chi connectivity index (χ0) is 10.5. The number of nitrogens with one attached hydrogen (secondary N) is 1. The first-order chi connectivity index (χ1) is 7.42. The van der Waals surface area contributed by atoms with E-state index < -0.39 is 0 Å². The molecule has 2 rings (SSSR count). The van der Waals surface area contributed by atoms with Gasteiger partial charge in [0.05, 0.1) is 0 Å². The summed E-state index contributed by atoms with van der Waals surface area (Å²) < 4.78 is 0. The van der Waals surface area contributed by atoms with Crippen LogP contribution in [0.15, 0.2) is 0 Å². The Morgan fingerprint density at radius 3 is 1.93 bits per heavy atom. The van der Waals surface area contributed by atoms with Crippen LogP contribution in [0, 0.1) is 11.8 Å². The monoisotopic (exact) mass is 209 g/mol. The van der Waals surface area contributed by atoms with Gasteiger partial charge in [0.2, 0.25) is 0 Å². The number of hydrogen-bond acceptors (Lipinski definition) is 1. The molecular formula is C14H27N. The van der Waals surface area contributed by atoms with Gasteiger partial charge in [-0.15, -0.1) is 0 Å². The van der Waals surface area contributed by atoms with Crippen LogP contribution in [0.1, 0.15) is 64.7 Å². The third kappa shape index (κ3) is 3.48. The highest BCUT2D eigenvalue weighted by atomic mass is 14.9. The zero-order valence-electron chi connectivity index (χ0n) is 10.3. The summed E-state index contributed by atoms with van der Waals surface area (Å²) in [5.74, 6) is 2.03. The minimum Gasteiger partial charge on any atom is -0.314 e. The van der Waals surface area contributed by atoms with Gasteiger partial charge in [-0.1, -0.05) is 39.0 Å². The summed E-state index contributed by atoms with van der Waals surface area (Å²) in [6.45, 7) is 3.43.